The highest BCUT2D eigenvalue weighted by atomic mass is 127. The smallest absolute Gasteiger partial charge is 0.170 e. The van der Waals surface area contributed by atoms with Gasteiger partial charge >= 0.3 is 0 Å². The highest BCUT2D eigenvalue weighted by Crippen LogP contribution is 2.26. The average molecular weight is 377 g/mol. The van der Waals surface area contributed by atoms with Gasteiger partial charge in [-0.3, -0.25) is 4.40 Å². The number of rotatable bonds is 1. The summed E-state index contributed by atoms with van der Waals surface area (Å²) in [7, 11) is 0. The van der Waals surface area contributed by atoms with Gasteiger partial charge < -0.3 is 0 Å². The van der Waals surface area contributed by atoms with Crippen LogP contribution in [0.25, 0.3) is 17.0 Å². The Bertz CT molecular complexity index is 705. The van der Waals surface area contributed by atoms with Gasteiger partial charge in [-0.15, -0.1) is 21.5 Å². The quantitative estimate of drug-likeness (QED) is 0.483. The third kappa shape index (κ3) is 1.94. The predicted octanol–water partition coefficient (Wildman–Crippen LogP) is 3.42. The van der Waals surface area contributed by atoms with Gasteiger partial charge in [0.05, 0.1) is 2.88 Å². The Hall–Kier alpha value is -0.730. The van der Waals surface area contributed by atoms with Gasteiger partial charge in [0, 0.05) is 17.0 Å². The lowest BCUT2D eigenvalue weighted by molar-refractivity contribution is 0.989. The Morgan fingerprint density at radius 2 is 2.18 bits per heavy atom. The van der Waals surface area contributed by atoms with E-state index in [2.05, 4.69) is 49.2 Å². The first-order chi connectivity index (χ1) is 8.15. The van der Waals surface area contributed by atoms with E-state index in [1.807, 2.05) is 11.3 Å². The van der Waals surface area contributed by atoms with Gasteiger partial charge in [-0.1, -0.05) is 11.6 Å². The fourth-order valence-electron chi connectivity index (χ4n) is 1.67. The summed E-state index contributed by atoms with van der Waals surface area (Å²) in [5.74, 6) is 1.59. The average Bonchev–Trinajstić information content (AvgIpc) is 2.83. The van der Waals surface area contributed by atoms with E-state index in [1.54, 1.807) is 17.4 Å². The molecule has 4 nitrogen and oxygen atoms in total. The van der Waals surface area contributed by atoms with Crippen molar-refractivity contribution in [2.45, 2.75) is 6.92 Å². The van der Waals surface area contributed by atoms with Crippen LogP contribution in [0.1, 0.15) is 5.82 Å². The van der Waals surface area contributed by atoms with E-state index in [1.165, 1.54) is 2.88 Å². The summed E-state index contributed by atoms with van der Waals surface area (Å²) in [5, 5.41) is 10.8. The molecule has 0 radical (unpaired) electrons. The Labute approximate surface area is 120 Å². The van der Waals surface area contributed by atoms with Crippen LogP contribution in [-0.4, -0.2) is 19.6 Å². The third-order valence-corrected chi connectivity index (χ3v) is 4.34. The highest BCUT2D eigenvalue weighted by Gasteiger charge is 2.12. The maximum Gasteiger partial charge on any atom is 0.170 e. The zero-order valence-corrected chi connectivity index (χ0v) is 12.4. The number of aromatic nitrogens is 4. The van der Waals surface area contributed by atoms with Crippen molar-refractivity contribution in [2.75, 3.05) is 0 Å². The van der Waals surface area contributed by atoms with E-state index in [9.17, 15) is 0 Å². The minimum absolute atomic E-state index is 0.439. The molecule has 7 heteroatoms. The van der Waals surface area contributed by atoms with Crippen molar-refractivity contribution in [1.82, 2.24) is 19.6 Å². The lowest BCUT2D eigenvalue weighted by atomic mass is 10.3. The van der Waals surface area contributed by atoms with E-state index < -0.39 is 0 Å². The van der Waals surface area contributed by atoms with Crippen molar-refractivity contribution in [3.63, 3.8) is 0 Å². The number of thiophene rings is 1. The van der Waals surface area contributed by atoms with Crippen LogP contribution in [0.5, 0.6) is 0 Å². The normalized spacial score (nSPS) is 11.2. The second-order valence-corrected chi connectivity index (χ2v) is 6.68. The van der Waals surface area contributed by atoms with Crippen LogP contribution in [-0.2, 0) is 0 Å². The highest BCUT2D eigenvalue weighted by molar-refractivity contribution is 14.1. The van der Waals surface area contributed by atoms with E-state index in [0.29, 0.717) is 5.15 Å². The van der Waals surface area contributed by atoms with Crippen molar-refractivity contribution in [3.8, 4) is 11.4 Å². The summed E-state index contributed by atoms with van der Waals surface area (Å²) in [6.45, 7) is 1.89. The van der Waals surface area contributed by atoms with Gasteiger partial charge in [-0.05, 0) is 35.6 Å². The van der Waals surface area contributed by atoms with Crippen LogP contribution in [0.3, 0.4) is 0 Å². The van der Waals surface area contributed by atoms with Crippen LogP contribution < -0.4 is 0 Å². The van der Waals surface area contributed by atoms with Crippen LogP contribution >= 0.6 is 45.5 Å². The Balaban J connectivity index is 2.31. The molecule has 0 aliphatic heterocycles. The summed E-state index contributed by atoms with van der Waals surface area (Å²) in [5.41, 5.74) is 1.78. The SMILES string of the molecule is Cc1nc(Cl)cc2nnc(-c3csc(I)c3)n12. The topological polar surface area (TPSA) is 43.1 Å². The first kappa shape index (κ1) is 11.4. The van der Waals surface area contributed by atoms with E-state index >= 15 is 0 Å². The molecule has 0 aliphatic rings. The second kappa shape index (κ2) is 4.18. The van der Waals surface area contributed by atoms with Crippen LogP contribution in [0.2, 0.25) is 5.15 Å². The summed E-state index contributed by atoms with van der Waals surface area (Å²) in [6.07, 6.45) is 0. The standard InChI is InChI=1S/C10H6ClIN4S/c1-5-13-7(11)3-9-14-15-10(16(5)9)6-2-8(12)17-4-6/h2-4H,1H3. The van der Waals surface area contributed by atoms with Gasteiger partial charge in [0.25, 0.3) is 0 Å². The predicted molar refractivity (Wildman–Crippen MR) is 76.6 cm³/mol. The van der Waals surface area contributed by atoms with E-state index in [4.69, 9.17) is 11.6 Å². The molecule has 3 aromatic rings. The molecule has 3 aromatic heterocycles. The molecule has 0 fully saturated rings. The van der Waals surface area contributed by atoms with E-state index in [0.717, 1.165) is 22.9 Å². The minimum Gasteiger partial charge on any atom is -0.263 e. The van der Waals surface area contributed by atoms with Crippen LogP contribution in [0, 0.1) is 9.81 Å². The van der Waals surface area contributed by atoms with Gasteiger partial charge in [0.1, 0.15) is 11.0 Å². The molecule has 0 saturated heterocycles. The fourth-order valence-corrected chi connectivity index (χ4v) is 3.21. The lowest BCUT2D eigenvalue weighted by Crippen LogP contribution is -1.97. The largest absolute Gasteiger partial charge is 0.263 e. The number of hydrogen-bond acceptors (Lipinski definition) is 4. The third-order valence-electron chi connectivity index (χ3n) is 2.35. The molecular formula is C10H6ClIN4S. The molecule has 3 rings (SSSR count). The first-order valence-electron chi connectivity index (χ1n) is 4.78. The van der Waals surface area contributed by atoms with Gasteiger partial charge in [0.15, 0.2) is 11.5 Å². The van der Waals surface area contributed by atoms with Crippen LogP contribution in [0.4, 0.5) is 0 Å². The number of halogens is 2. The zero-order valence-electron chi connectivity index (χ0n) is 8.69. The summed E-state index contributed by atoms with van der Waals surface area (Å²) in [6, 6.07) is 3.79. The maximum atomic E-state index is 5.89. The molecule has 0 aromatic carbocycles. The van der Waals surface area contributed by atoms with Gasteiger partial charge in [-0.2, -0.15) is 0 Å². The van der Waals surface area contributed by atoms with Crippen molar-refractivity contribution in [1.29, 1.82) is 0 Å². The Kier molecular flexibility index (Phi) is 2.80. The van der Waals surface area contributed by atoms with Crippen molar-refractivity contribution >= 4 is 51.2 Å². The lowest BCUT2D eigenvalue weighted by Gasteiger charge is -2.01. The molecule has 86 valence electrons. The molecule has 0 bridgehead atoms. The molecule has 17 heavy (non-hydrogen) atoms. The van der Waals surface area contributed by atoms with Gasteiger partial charge in [0.2, 0.25) is 0 Å². The fraction of sp³-hybridized carbons (Fsp3) is 0.100. The van der Waals surface area contributed by atoms with Crippen molar-refractivity contribution in [3.05, 3.63) is 31.4 Å². The Morgan fingerprint density at radius 1 is 1.35 bits per heavy atom. The molecule has 3 heterocycles. The van der Waals surface area contributed by atoms with Crippen molar-refractivity contribution < 1.29 is 0 Å². The summed E-state index contributed by atoms with van der Waals surface area (Å²) < 4.78 is 3.12. The number of fused-ring (bicyclic) bond motifs is 1. The minimum atomic E-state index is 0.439. The van der Waals surface area contributed by atoms with Gasteiger partial charge in [-0.25, -0.2) is 4.98 Å². The summed E-state index contributed by atoms with van der Waals surface area (Å²) in [4.78, 5) is 4.22. The number of aryl methyl sites for hydroxylation is 1. The first-order valence-corrected chi connectivity index (χ1v) is 7.11. The molecule has 0 unspecified atom stereocenters. The maximum absolute atomic E-state index is 5.89. The number of nitrogens with zero attached hydrogens (tertiary/aromatic N) is 4. The molecule has 0 N–H and O–H groups in total. The van der Waals surface area contributed by atoms with Crippen molar-refractivity contribution in [2.24, 2.45) is 0 Å². The van der Waals surface area contributed by atoms with Crippen LogP contribution in [0.15, 0.2) is 17.5 Å². The van der Waals surface area contributed by atoms with E-state index in [-0.39, 0.29) is 0 Å². The monoisotopic (exact) mass is 376 g/mol. The molecule has 0 amide bonds. The molecule has 0 saturated carbocycles. The second-order valence-electron chi connectivity index (χ2n) is 3.48. The molecule has 0 spiro atoms. The Morgan fingerprint density at radius 3 is 2.88 bits per heavy atom. The number of hydrogen-bond donors (Lipinski definition) is 0. The molecular weight excluding hydrogens is 371 g/mol. The zero-order chi connectivity index (χ0) is 12.0. The molecule has 0 atom stereocenters. The molecule has 0 aliphatic carbocycles. The summed E-state index contributed by atoms with van der Waals surface area (Å²) >= 11 is 9.86.